The average molecular weight is 599 g/mol. The van der Waals surface area contributed by atoms with Gasteiger partial charge in [0.05, 0.1) is 12.6 Å². The third-order valence-corrected chi connectivity index (χ3v) is 5.37. The molecule has 4 N–H and O–H groups in total. The van der Waals surface area contributed by atoms with Crippen LogP contribution in [0.4, 0.5) is 0 Å². The molecule has 0 aliphatic carbocycles. The second kappa shape index (κ2) is 17.6. The Morgan fingerprint density at radius 2 is 1.89 bits per heavy atom. The van der Waals surface area contributed by atoms with E-state index < -0.39 is 5.91 Å². The zero-order valence-electron chi connectivity index (χ0n) is 20.7. The van der Waals surface area contributed by atoms with Crippen molar-refractivity contribution in [2.75, 3.05) is 19.6 Å². The molecule has 0 aromatic heterocycles. The SMILES string of the molecule is CC(C)NCC(OP)c1ccc(O)c(O)c1.CC1CC(=O)N(CC(=O)CCC(=O)NC[C-]=O)C1=O.[Y]. The summed E-state index contributed by atoms with van der Waals surface area (Å²) in [6.07, 6.45) is 1.31. The van der Waals surface area contributed by atoms with E-state index in [9.17, 15) is 34.2 Å². The summed E-state index contributed by atoms with van der Waals surface area (Å²) in [5.41, 5.74) is 0.818. The van der Waals surface area contributed by atoms with Crippen LogP contribution in [-0.2, 0) is 61.2 Å². The maximum absolute atomic E-state index is 11.6. The zero-order valence-corrected chi connectivity index (χ0v) is 24.6. The molecule has 0 saturated carbocycles. The van der Waals surface area contributed by atoms with Gasteiger partial charge in [0.15, 0.2) is 17.3 Å². The molecule has 1 aliphatic rings. The first-order chi connectivity index (χ1) is 16.5. The van der Waals surface area contributed by atoms with Crippen molar-refractivity contribution in [1.29, 1.82) is 0 Å². The molecule has 36 heavy (non-hydrogen) atoms. The molecule has 1 saturated heterocycles. The van der Waals surface area contributed by atoms with Gasteiger partial charge in [0.2, 0.25) is 17.7 Å². The van der Waals surface area contributed by atoms with E-state index in [4.69, 9.17) is 4.52 Å². The molecular weight excluding hydrogens is 566 g/mol. The molecule has 0 bridgehead atoms. The third kappa shape index (κ3) is 12.0. The zero-order chi connectivity index (χ0) is 26.5. The maximum Gasteiger partial charge on any atom is 0.232 e. The summed E-state index contributed by atoms with van der Waals surface area (Å²) < 4.78 is 5.24. The summed E-state index contributed by atoms with van der Waals surface area (Å²) in [5.74, 6) is -2.14. The number of hydrogen-bond acceptors (Lipinski definition) is 9. The number of hydrogen-bond donors (Lipinski definition) is 4. The van der Waals surface area contributed by atoms with Gasteiger partial charge in [-0.25, -0.2) is 6.29 Å². The molecule has 11 nitrogen and oxygen atoms in total. The number of carbonyl (C=O) groups excluding carboxylic acids is 5. The van der Waals surface area contributed by atoms with Crippen LogP contribution < -0.4 is 10.6 Å². The van der Waals surface area contributed by atoms with Crippen molar-refractivity contribution in [1.82, 2.24) is 15.5 Å². The summed E-state index contributed by atoms with van der Waals surface area (Å²) in [6.45, 7) is 5.88. The van der Waals surface area contributed by atoms with Gasteiger partial charge in [0, 0.05) is 79.9 Å². The van der Waals surface area contributed by atoms with Gasteiger partial charge in [-0.1, -0.05) is 33.4 Å². The minimum atomic E-state index is -0.441. The molecule has 1 aliphatic heterocycles. The van der Waals surface area contributed by atoms with Crippen molar-refractivity contribution in [3.05, 3.63) is 23.8 Å². The van der Waals surface area contributed by atoms with Crippen molar-refractivity contribution in [2.45, 2.75) is 52.2 Å². The van der Waals surface area contributed by atoms with E-state index in [0.29, 0.717) is 12.6 Å². The van der Waals surface area contributed by atoms with E-state index in [1.54, 1.807) is 13.0 Å². The first kappa shape index (κ1) is 34.2. The number of phenols is 2. The number of imide groups is 1. The quantitative estimate of drug-likeness (QED) is 0.118. The Bertz CT molecular complexity index is 915. The number of benzene rings is 1. The van der Waals surface area contributed by atoms with E-state index in [0.717, 1.165) is 10.5 Å². The van der Waals surface area contributed by atoms with Crippen LogP contribution in [0.5, 0.6) is 11.5 Å². The van der Waals surface area contributed by atoms with Crippen LogP contribution in [0.3, 0.4) is 0 Å². The first-order valence-corrected chi connectivity index (χ1v) is 11.6. The van der Waals surface area contributed by atoms with Crippen molar-refractivity contribution in [3.8, 4) is 11.5 Å². The number of carbonyl (C=O) groups is 4. The van der Waals surface area contributed by atoms with Crippen molar-refractivity contribution >= 4 is 39.3 Å². The number of nitrogens with one attached hydrogen (secondary N) is 2. The molecule has 2 rings (SSSR count). The fraction of sp³-hybridized carbons (Fsp3) is 0.522. The van der Waals surface area contributed by atoms with E-state index in [2.05, 4.69) is 20.1 Å². The smallest absolute Gasteiger partial charge is 0.232 e. The minimum absolute atomic E-state index is 0. The Balaban J connectivity index is 0.000000671. The number of amides is 3. The van der Waals surface area contributed by atoms with Gasteiger partial charge in [-0.15, -0.1) is 0 Å². The van der Waals surface area contributed by atoms with Gasteiger partial charge in [-0.05, 0) is 17.7 Å². The molecule has 1 radical (unpaired) electrons. The number of aromatic hydroxyl groups is 2. The van der Waals surface area contributed by atoms with E-state index >= 15 is 0 Å². The monoisotopic (exact) mass is 599 g/mol. The second-order valence-electron chi connectivity index (χ2n) is 8.32. The molecule has 1 aromatic rings. The van der Waals surface area contributed by atoms with Crippen molar-refractivity contribution in [2.24, 2.45) is 5.92 Å². The van der Waals surface area contributed by atoms with Gasteiger partial charge in [0.25, 0.3) is 0 Å². The number of likely N-dealkylation sites (tertiary alicyclic amines) is 1. The number of rotatable bonds is 12. The molecule has 0 spiro atoms. The molecular formula is C23H33N3O8PY-. The summed E-state index contributed by atoms with van der Waals surface area (Å²) in [4.78, 5) is 56.5. The van der Waals surface area contributed by atoms with E-state index in [1.165, 1.54) is 18.4 Å². The Morgan fingerprint density at radius 1 is 1.22 bits per heavy atom. The third-order valence-electron chi connectivity index (χ3n) is 5.04. The van der Waals surface area contributed by atoms with Gasteiger partial charge in [0.1, 0.15) is 0 Å². The molecule has 3 unspecified atom stereocenters. The van der Waals surface area contributed by atoms with Crippen LogP contribution in [-0.4, -0.2) is 70.6 Å². The van der Waals surface area contributed by atoms with Gasteiger partial charge in [-0.3, -0.25) is 24.1 Å². The van der Waals surface area contributed by atoms with Gasteiger partial charge < -0.3 is 30.2 Å². The van der Waals surface area contributed by atoms with Crippen molar-refractivity contribution < 1.29 is 71.4 Å². The molecule has 1 heterocycles. The molecule has 1 fully saturated rings. The number of phenolic OH excluding ortho intramolecular Hbond substituents is 2. The Morgan fingerprint density at radius 3 is 2.39 bits per heavy atom. The molecule has 13 heteroatoms. The average Bonchev–Trinajstić information content (AvgIpc) is 3.05. The summed E-state index contributed by atoms with van der Waals surface area (Å²) in [6, 6.07) is 5.06. The van der Waals surface area contributed by atoms with Crippen molar-refractivity contribution in [3.63, 3.8) is 0 Å². The summed E-state index contributed by atoms with van der Waals surface area (Å²) in [7, 11) is 2.22. The molecule has 1 aromatic carbocycles. The van der Waals surface area contributed by atoms with Crippen LogP contribution >= 0.6 is 9.47 Å². The Kier molecular flexibility index (Phi) is 16.8. The number of Topliss-reactive ketones (excluding diaryl/α,β-unsaturated/α-hetero) is 1. The van der Waals surface area contributed by atoms with Crippen LogP contribution in [0.15, 0.2) is 18.2 Å². The predicted molar refractivity (Wildman–Crippen MR) is 130 cm³/mol. The predicted octanol–water partition coefficient (Wildman–Crippen LogP) is 0.898. The van der Waals surface area contributed by atoms with Gasteiger partial charge in [-0.2, -0.15) is 0 Å². The minimum Gasteiger partial charge on any atom is -0.540 e. The van der Waals surface area contributed by atoms with E-state index in [-0.39, 0.29) is 106 Å². The molecule has 3 amide bonds. The number of ketones is 1. The second-order valence-corrected chi connectivity index (χ2v) is 8.59. The Labute approximate surface area is 238 Å². The van der Waals surface area contributed by atoms with Crippen LogP contribution in [0, 0.1) is 5.92 Å². The molecule has 3 atom stereocenters. The van der Waals surface area contributed by atoms with Crippen LogP contribution in [0.2, 0.25) is 0 Å². The normalized spacial score (nSPS) is 15.6. The van der Waals surface area contributed by atoms with E-state index in [1.807, 2.05) is 13.8 Å². The summed E-state index contributed by atoms with van der Waals surface area (Å²) >= 11 is 0. The first-order valence-electron chi connectivity index (χ1n) is 11.1. The largest absolute Gasteiger partial charge is 0.540 e. The maximum atomic E-state index is 11.6. The van der Waals surface area contributed by atoms with Crippen LogP contribution in [0.25, 0.3) is 0 Å². The topological polar surface area (TPSA) is 162 Å². The fourth-order valence-electron chi connectivity index (χ4n) is 3.07. The fourth-order valence-corrected chi connectivity index (χ4v) is 3.33. The summed E-state index contributed by atoms with van der Waals surface area (Å²) in [5, 5.41) is 24.1. The Hall–Kier alpha value is -1.78. The number of nitrogens with zero attached hydrogens (tertiary/aromatic N) is 1. The van der Waals surface area contributed by atoms with Gasteiger partial charge >= 0.3 is 0 Å². The van der Waals surface area contributed by atoms with Crippen LogP contribution in [0.1, 0.15) is 51.7 Å². The standard InChI is InChI=1S/C12H15N2O5.C11H18NO3P.Y/c1-8-6-11(18)14(12(8)19)7-9(16)2-3-10(17)13-4-5-15;1-7(2)12-6-11(15-16)8-3-4-9(13)10(14)5-8;/h8H,2-4,6-7H2,1H3,(H,13,17);3-5,7,11-14H,6,16H2,1-2H3;/q-1;;. The molecule has 197 valence electrons.